The highest BCUT2D eigenvalue weighted by Gasteiger charge is 2.26. The molecule has 2 fully saturated rings. The second-order valence-corrected chi connectivity index (χ2v) is 3.94. The number of rotatable bonds is 0. The van der Waals surface area contributed by atoms with Crippen molar-refractivity contribution in [1.82, 2.24) is 10.6 Å². The Morgan fingerprint density at radius 3 is 2.50 bits per heavy atom. The van der Waals surface area contributed by atoms with E-state index in [4.69, 9.17) is 5.41 Å². The Labute approximate surface area is 85.1 Å². The summed E-state index contributed by atoms with van der Waals surface area (Å²) in [7, 11) is 0. The first kappa shape index (κ1) is 11.3. The third kappa shape index (κ3) is 3.93. The van der Waals surface area contributed by atoms with Gasteiger partial charge in [0.15, 0.2) is 5.96 Å². The van der Waals surface area contributed by atoms with Crippen LogP contribution in [0.25, 0.3) is 0 Å². The minimum absolute atomic E-state index is 0.333. The Kier molecular flexibility index (Phi) is 4.69. The van der Waals surface area contributed by atoms with Crippen LogP contribution >= 0.6 is 0 Å². The van der Waals surface area contributed by atoms with Crippen LogP contribution in [0.4, 0.5) is 0 Å². The van der Waals surface area contributed by atoms with Crippen LogP contribution in [0.3, 0.4) is 0 Å². The van der Waals surface area contributed by atoms with Crippen LogP contribution < -0.4 is 22.1 Å². The lowest BCUT2D eigenvalue weighted by atomic mass is 9.83. The molecule has 2 rings (SSSR count). The Hall–Kier alpha value is -0.810. The highest BCUT2D eigenvalue weighted by atomic mass is 15.1. The van der Waals surface area contributed by atoms with Crippen molar-refractivity contribution in [1.29, 1.82) is 5.41 Å². The van der Waals surface area contributed by atoms with Gasteiger partial charge in [0, 0.05) is 19.3 Å². The summed E-state index contributed by atoms with van der Waals surface area (Å²) < 4.78 is 0. The fourth-order valence-electron chi connectivity index (χ4n) is 2.18. The molecule has 1 aliphatic carbocycles. The first-order chi connectivity index (χ1) is 6.70. The van der Waals surface area contributed by atoms with E-state index in [0.717, 1.165) is 18.6 Å². The summed E-state index contributed by atoms with van der Waals surface area (Å²) >= 11 is 0. The van der Waals surface area contributed by atoms with E-state index in [0.29, 0.717) is 0 Å². The number of guanidine groups is 1. The molecular weight excluding hydrogens is 178 g/mol. The van der Waals surface area contributed by atoms with Gasteiger partial charge in [-0.1, -0.05) is 12.8 Å². The van der Waals surface area contributed by atoms with E-state index in [1.54, 1.807) is 0 Å². The summed E-state index contributed by atoms with van der Waals surface area (Å²) in [4.78, 5) is 0. The number of nitrogens with one attached hydrogen (secondary N) is 3. The summed E-state index contributed by atoms with van der Waals surface area (Å²) in [6, 6.07) is 0.843. The summed E-state index contributed by atoms with van der Waals surface area (Å²) in [5, 5.41) is 12.9. The summed E-state index contributed by atoms with van der Waals surface area (Å²) in [5.74, 6) is 0.600. The maximum atomic E-state index is 6.06. The van der Waals surface area contributed by atoms with Crippen molar-refractivity contribution >= 4 is 5.96 Å². The molecule has 0 bridgehead atoms. The second-order valence-electron chi connectivity index (χ2n) is 3.94. The average molecular weight is 199 g/mol. The van der Waals surface area contributed by atoms with Gasteiger partial charge >= 0.3 is 0 Å². The molecule has 1 heterocycles. The Bertz CT molecular complexity index is 152. The molecule has 2 atom stereocenters. The lowest BCUT2D eigenvalue weighted by Crippen LogP contribution is -2.52. The molecule has 0 amide bonds. The van der Waals surface area contributed by atoms with Crippen LogP contribution in [-0.2, 0) is 0 Å². The van der Waals surface area contributed by atoms with Crippen LogP contribution in [0.5, 0.6) is 0 Å². The number of nitrogens with two attached hydrogens (primary N) is 2. The standard InChI is InChI=1S/C8H16N2.CH5N3/c1-2-4-8-7(3-1)5-9-6-10-8;2-1(3)4/h7-10H,1-6H2;(H5,2,3,4). The molecule has 2 unspecified atom stereocenters. The van der Waals surface area contributed by atoms with Crippen LogP contribution in [0.2, 0.25) is 0 Å². The molecule has 82 valence electrons. The zero-order chi connectivity index (χ0) is 10.4. The van der Waals surface area contributed by atoms with Crippen molar-refractivity contribution in [3.05, 3.63) is 0 Å². The molecule has 1 saturated heterocycles. The Morgan fingerprint density at radius 2 is 1.86 bits per heavy atom. The predicted octanol–water partition coefficient (Wildman–Crippen LogP) is -0.466. The molecule has 5 nitrogen and oxygen atoms in total. The van der Waals surface area contributed by atoms with E-state index < -0.39 is 0 Å². The SMILES string of the molecule is C1CCC2NCNCC2C1.N=C(N)N. The minimum Gasteiger partial charge on any atom is -0.370 e. The zero-order valence-corrected chi connectivity index (χ0v) is 8.55. The third-order valence-corrected chi connectivity index (χ3v) is 2.80. The van der Waals surface area contributed by atoms with Crippen LogP contribution in [0.15, 0.2) is 0 Å². The van der Waals surface area contributed by atoms with E-state index >= 15 is 0 Å². The molecule has 5 heteroatoms. The molecule has 14 heavy (non-hydrogen) atoms. The molecule has 2 aliphatic rings. The van der Waals surface area contributed by atoms with Gasteiger partial charge in [0.25, 0.3) is 0 Å². The smallest absolute Gasteiger partial charge is 0.183 e. The van der Waals surface area contributed by atoms with Gasteiger partial charge in [0.05, 0.1) is 0 Å². The minimum atomic E-state index is -0.333. The first-order valence-corrected chi connectivity index (χ1v) is 5.23. The van der Waals surface area contributed by atoms with Crippen LogP contribution in [0.1, 0.15) is 25.7 Å². The molecule has 0 aromatic heterocycles. The molecule has 1 saturated carbocycles. The molecule has 0 aromatic rings. The predicted molar refractivity (Wildman–Crippen MR) is 57.9 cm³/mol. The molecule has 0 radical (unpaired) electrons. The van der Waals surface area contributed by atoms with Crippen LogP contribution in [0, 0.1) is 11.3 Å². The zero-order valence-electron chi connectivity index (χ0n) is 8.55. The van der Waals surface area contributed by atoms with Crippen molar-refractivity contribution < 1.29 is 0 Å². The lowest BCUT2D eigenvalue weighted by Gasteiger charge is -2.36. The van der Waals surface area contributed by atoms with Gasteiger partial charge in [-0.05, 0) is 18.8 Å². The Morgan fingerprint density at radius 1 is 1.21 bits per heavy atom. The van der Waals surface area contributed by atoms with E-state index in [1.807, 2.05) is 0 Å². The highest BCUT2D eigenvalue weighted by molar-refractivity contribution is 5.71. The molecule has 0 spiro atoms. The van der Waals surface area contributed by atoms with Crippen molar-refractivity contribution in [3.63, 3.8) is 0 Å². The van der Waals surface area contributed by atoms with Gasteiger partial charge in [-0.2, -0.15) is 0 Å². The fraction of sp³-hybridized carbons (Fsp3) is 0.889. The van der Waals surface area contributed by atoms with E-state index in [2.05, 4.69) is 22.1 Å². The van der Waals surface area contributed by atoms with Gasteiger partial charge < -0.3 is 22.1 Å². The van der Waals surface area contributed by atoms with Crippen molar-refractivity contribution in [2.75, 3.05) is 13.2 Å². The van der Waals surface area contributed by atoms with Crippen LogP contribution in [-0.4, -0.2) is 25.2 Å². The average Bonchev–Trinajstić information content (AvgIpc) is 2.17. The molecule has 0 aromatic carbocycles. The van der Waals surface area contributed by atoms with Crippen molar-refractivity contribution in [3.8, 4) is 0 Å². The second kappa shape index (κ2) is 5.82. The number of fused-ring (bicyclic) bond motifs is 1. The van der Waals surface area contributed by atoms with E-state index in [-0.39, 0.29) is 5.96 Å². The lowest BCUT2D eigenvalue weighted by molar-refractivity contribution is 0.213. The summed E-state index contributed by atoms with van der Waals surface area (Å²) in [5.41, 5.74) is 8.94. The van der Waals surface area contributed by atoms with Gasteiger partial charge in [0.1, 0.15) is 0 Å². The third-order valence-electron chi connectivity index (χ3n) is 2.80. The maximum Gasteiger partial charge on any atom is 0.183 e. The number of hydrogen-bond donors (Lipinski definition) is 5. The van der Waals surface area contributed by atoms with E-state index in [1.165, 1.54) is 32.2 Å². The number of hydrogen-bond acceptors (Lipinski definition) is 3. The van der Waals surface area contributed by atoms with Crippen molar-refractivity contribution in [2.24, 2.45) is 17.4 Å². The van der Waals surface area contributed by atoms with E-state index in [9.17, 15) is 0 Å². The van der Waals surface area contributed by atoms with Gasteiger partial charge in [-0.3, -0.25) is 5.41 Å². The summed E-state index contributed by atoms with van der Waals surface area (Å²) in [6.45, 7) is 2.28. The molecule has 1 aliphatic heterocycles. The van der Waals surface area contributed by atoms with Gasteiger partial charge in [0.2, 0.25) is 0 Å². The monoisotopic (exact) mass is 199 g/mol. The highest BCUT2D eigenvalue weighted by Crippen LogP contribution is 2.24. The largest absolute Gasteiger partial charge is 0.370 e. The molecule has 7 N–H and O–H groups in total. The summed E-state index contributed by atoms with van der Waals surface area (Å²) in [6.07, 6.45) is 5.73. The maximum absolute atomic E-state index is 6.06. The van der Waals surface area contributed by atoms with Gasteiger partial charge in [-0.25, -0.2) is 0 Å². The fourth-order valence-corrected chi connectivity index (χ4v) is 2.18. The van der Waals surface area contributed by atoms with Gasteiger partial charge in [-0.15, -0.1) is 0 Å². The normalized spacial score (nSPS) is 30.9. The molecular formula is C9H21N5. The van der Waals surface area contributed by atoms with Crippen molar-refractivity contribution in [2.45, 2.75) is 31.7 Å². The quantitative estimate of drug-likeness (QED) is 0.269. The topological polar surface area (TPSA) is 99.9 Å². The Balaban J connectivity index is 0.000000213. The first-order valence-electron chi connectivity index (χ1n) is 5.23.